The molecule has 0 aliphatic rings. The lowest BCUT2D eigenvalue weighted by molar-refractivity contribution is 0.410. The molecule has 0 aliphatic carbocycles. The summed E-state index contributed by atoms with van der Waals surface area (Å²) in [5.41, 5.74) is 0.230. The molecule has 0 saturated heterocycles. The fourth-order valence-electron chi connectivity index (χ4n) is 1.76. The van der Waals surface area contributed by atoms with Crippen molar-refractivity contribution in [3.63, 3.8) is 0 Å². The van der Waals surface area contributed by atoms with Crippen molar-refractivity contribution in [1.82, 2.24) is 4.98 Å². The molecular formula is C18H23N. The number of pyridine rings is 1. The van der Waals surface area contributed by atoms with Crippen LogP contribution in [0.4, 0.5) is 0 Å². The van der Waals surface area contributed by atoms with Gasteiger partial charge in [-0.05, 0) is 42.7 Å². The van der Waals surface area contributed by atoms with Crippen molar-refractivity contribution >= 4 is 0 Å². The Bertz CT molecular complexity index is 811. The van der Waals surface area contributed by atoms with Gasteiger partial charge in [-0.25, -0.2) is 0 Å². The lowest BCUT2D eigenvalue weighted by Crippen LogP contribution is -2.10. The average Bonchev–Trinajstić information content (AvgIpc) is 2.51. The summed E-state index contributed by atoms with van der Waals surface area (Å²) in [5.74, 6) is 0. The van der Waals surface area contributed by atoms with Gasteiger partial charge in [-0.3, -0.25) is 4.98 Å². The van der Waals surface area contributed by atoms with Crippen LogP contribution >= 0.6 is 0 Å². The monoisotopic (exact) mass is 261 g/mol. The first-order chi connectivity index (χ1) is 12.0. The predicted octanol–water partition coefficient (Wildman–Crippen LogP) is 4.95. The summed E-state index contributed by atoms with van der Waals surface area (Å²) in [6, 6.07) is 7.44. The van der Waals surface area contributed by atoms with Crippen molar-refractivity contribution in [2.45, 2.75) is 40.8 Å². The Labute approximate surface area is 128 Å². The topological polar surface area (TPSA) is 12.9 Å². The van der Waals surface area contributed by atoms with E-state index in [0.29, 0.717) is 11.3 Å². The van der Waals surface area contributed by atoms with Gasteiger partial charge in [0, 0.05) is 22.7 Å². The van der Waals surface area contributed by atoms with Gasteiger partial charge in [0.05, 0.1) is 5.69 Å². The van der Waals surface area contributed by atoms with Gasteiger partial charge in [0.1, 0.15) is 0 Å². The Hall–Kier alpha value is -1.63. The van der Waals surface area contributed by atoms with Gasteiger partial charge in [-0.2, -0.15) is 0 Å². The van der Waals surface area contributed by atoms with Crippen LogP contribution in [0.2, 0.25) is 0 Å². The summed E-state index contributed by atoms with van der Waals surface area (Å²) in [4.78, 5) is 4.26. The van der Waals surface area contributed by atoms with Gasteiger partial charge >= 0.3 is 0 Å². The van der Waals surface area contributed by atoms with E-state index in [0.717, 1.165) is 0 Å². The van der Waals surface area contributed by atoms with E-state index in [1.165, 1.54) is 24.4 Å². The number of aryl methyl sites for hydroxylation is 2. The van der Waals surface area contributed by atoms with Crippen LogP contribution in [-0.2, 0) is 6.37 Å². The molecule has 0 radical (unpaired) electrons. The number of rotatable bonds is 2. The highest BCUT2D eigenvalue weighted by atomic mass is 14.7. The Kier molecular flexibility index (Phi) is 1.82. The van der Waals surface area contributed by atoms with Crippen LogP contribution in [0.1, 0.15) is 48.4 Å². The molecule has 19 heavy (non-hydrogen) atoms. The van der Waals surface area contributed by atoms with Gasteiger partial charge in [-0.1, -0.05) is 50.6 Å². The molecule has 0 spiro atoms. The molecule has 0 fully saturated rings. The van der Waals surface area contributed by atoms with Crippen molar-refractivity contribution in [3.8, 4) is 11.3 Å². The Morgan fingerprint density at radius 1 is 1.16 bits per heavy atom. The Morgan fingerprint density at radius 3 is 2.47 bits per heavy atom. The van der Waals surface area contributed by atoms with Crippen molar-refractivity contribution in [2.24, 2.45) is 5.41 Å². The van der Waals surface area contributed by atoms with E-state index in [-0.39, 0.29) is 16.7 Å². The van der Waals surface area contributed by atoms with Crippen LogP contribution in [-0.4, -0.2) is 4.98 Å². The maximum absolute atomic E-state index is 8.43. The average molecular weight is 261 g/mol. The zero-order valence-corrected chi connectivity index (χ0v) is 11.4. The standard InChI is InChI=1S/C18H23N/c1-13-6-8-15(9-7-13)17-10-14(2)16(12-19-17)11-18(3,4)5/h6-10,12H,11H2,1-5H3/i1D3,2D3,11D2. The summed E-state index contributed by atoms with van der Waals surface area (Å²) in [7, 11) is 0. The maximum Gasteiger partial charge on any atom is 0.0704 e. The van der Waals surface area contributed by atoms with E-state index in [1.54, 1.807) is 32.9 Å². The molecule has 0 atom stereocenters. The molecule has 0 N–H and O–H groups in total. The van der Waals surface area contributed by atoms with Gasteiger partial charge in [0.25, 0.3) is 0 Å². The van der Waals surface area contributed by atoms with Gasteiger partial charge in [0.2, 0.25) is 0 Å². The van der Waals surface area contributed by atoms with Gasteiger partial charge < -0.3 is 0 Å². The highest BCUT2D eigenvalue weighted by Gasteiger charge is 2.13. The van der Waals surface area contributed by atoms with E-state index < -0.39 is 25.5 Å². The van der Waals surface area contributed by atoms with Crippen LogP contribution < -0.4 is 0 Å². The fourth-order valence-corrected chi connectivity index (χ4v) is 1.76. The predicted molar refractivity (Wildman–Crippen MR) is 82.3 cm³/mol. The molecule has 1 nitrogen and oxygen atoms in total. The molecule has 0 aliphatic heterocycles. The van der Waals surface area contributed by atoms with Gasteiger partial charge in [-0.15, -0.1) is 0 Å². The first-order valence-electron chi connectivity index (χ1n) is 10.2. The van der Waals surface area contributed by atoms with E-state index in [1.807, 2.05) is 0 Å². The summed E-state index contributed by atoms with van der Waals surface area (Å²) in [5, 5.41) is 0. The molecule has 100 valence electrons. The van der Waals surface area contributed by atoms with Crippen molar-refractivity contribution < 1.29 is 11.0 Å². The summed E-state index contributed by atoms with van der Waals surface area (Å²) < 4.78 is 62.6. The Balaban J connectivity index is 2.60. The molecule has 2 rings (SSSR count). The normalized spacial score (nSPS) is 19.9. The second-order valence-corrected chi connectivity index (χ2v) is 5.57. The minimum Gasteiger partial charge on any atom is -0.256 e. The molecule has 1 aromatic carbocycles. The molecule has 1 aromatic heterocycles. The highest BCUT2D eigenvalue weighted by molar-refractivity contribution is 5.60. The van der Waals surface area contributed by atoms with Crippen LogP contribution in [0, 0.1) is 19.1 Å². The highest BCUT2D eigenvalue weighted by Crippen LogP contribution is 2.25. The number of hydrogen-bond acceptors (Lipinski definition) is 1. The first-order valence-corrected chi connectivity index (χ1v) is 6.17. The minimum absolute atomic E-state index is 0.0397. The summed E-state index contributed by atoms with van der Waals surface area (Å²) in [6.07, 6.45) is -0.618. The third kappa shape index (κ3) is 3.66. The number of hydrogen-bond donors (Lipinski definition) is 0. The molecular weight excluding hydrogens is 230 g/mol. The van der Waals surface area contributed by atoms with Crippen molar-refractivity contribution in [2.75, 3.05) is 0 Å². The molecule has 0 bridgehead atoms. The molecule has 0 unspecified atom stereocenters. The van der Waals surface area contributed by atoms with E-state index in [4.69, 9.17) is 11.0 Å². The number of aromatic nitrogens is 1. The molecule has 0 saturated carbocycles. The second-order valence-electron chi connectivity index (χ2n) is 5.57. The van der Waals surface area contributed by atoms with Crippen molar-refractivity contribution in [1.29, 1.82) is 0 Å². The number of benzene rings is 1. The second kappa shape index (κ2) is 5.16. The Morgan fingerprint density at radius 2 is 1.89 bits per heavy atom. The third-order valence-electron chi connectivity index (χ3n) is 2.59. The van der Waals surface area contributed by atoms with Crippen LogP contribution in [0.3, 0.4) is 0 Å². The summed E-state index contributed by atoms with van der Waals surface area (Å²) >= 11 is 0. The third-order valence-corrected chi connectivity index (χ3v) is 2.59. The summed E-state index contributed by atoms with van der Waals surface area (Å²) in [6.45, 7) is 0.389. The molecule has 1 heteroatoms. The zero-order chi connectivity index (χ0) is 20.8. The number of nitrogens with zero attached hydrogens (tertiary/aromatic N) is 1. The lowest BCUT2D eigenvalue weighted by atomic mass is 9.87. The lowest BCUT2D eigenvalue weighted by Gasteiger charge is -2.19. The first kappa shape index (κ1) is 6.69. The van der Waals surface area contributed by atoms with E-state index in [9.17, 15) is 0 Å². The fraction of sp³-hybridized carbons (Fsp3) is 0.389. The largest absolute Gasteiger partial charge is 0.256 e. The zero-order valence-electron chi connectivity index (χ0n) is 19.4. The molecule has 1 heterocycles. The SMILES string of the molecule is [2H]C([2H])([2H])c1ccc(-c2cc(C([2H])([2H])[2H])c(C([2H])([2H])C(C)(C)C)cn2)cc1. The van der Waals surface area contributed by atoms with E-state index in [2.05, 4.69) is 4.98 Å². The quantitative estimate of drug-likeness (QED) is 0.745. The molecule has 0 amide bonds. The van der Waals surface area contributed by atoms with Crippen LogP contribution in [0.5, 0.6) is 0 Å². The van der Waals surface area contributed by atoms with Crippen LogP contribution in [0.15, 0.2) is 36.5 Å². The molecule has 2 aromatic rings. The van der Waals surface area contributed by atoms with Crippen LogP contribution in [0.25, 0.3) is 11.3 Å². The smallest absolute Gasteiger partial charge is 0.0704 e. The minimum atomic E-state index is -2.51. The maximum atomic E-state index is 8.43. The van der Waals surface area contributed by atoms with Crippen molar-refractivity contribution in [3.05, 3.63) is 53.2 Å². The van der Waals surface area contributed by atoms with Gasteiger partial charge in [0.15, 0.2) is 0 Å². The van der Waals surface area contributed by atoms with E-state index >= 15 is 0 Å².